The van der Waals surface area contributed by atoms with Gasteiger partial charge in [-0.15, -0.1) is 11.3 Å². The third-order valence-electron chi connectivity index (χ3n) is 3.40. The van der Waals surface area contributed by atoms with E-state index in [4.69, 9.17) is 0 Å². The van der Waals surface area contributed by atoms with E-state index >= 15 is 0 Å². The van der Waals surface area contributed by atoms with Gasteiger partial charge in [0.05, 0.1) is 9.35 Å². The second-order valence-corrected chi connectivity index (χ2v) is 7.13. The topological polar surface area (TPSA) is 32.3 Å². The molecule has 0 aliphatic carbocycles. The Morgan fingerprint density at radius 2 is 2.05 bits per heavy atom. The lowest BCUT2D eigenvalue weighted by Gasteiger charge is -2.18. The van der Waals surface area contributed by atoms with Crippen molar-refractivity contribution >= 4 is 44.5 Å². The molecule has 0 spiro atoms. The van der Waals surface area contributed by atoms with Crippen molar-refractivity contribution in [2.24, 2.45) is 0 Å². The van der Waals surface area contributed by atoms with Crippen molar-refractivity contribution in [3.05, 3.63) is 45.1 Å². The van der Waals surface area contributed by atoms with E-state index in [1.54, 1.807) is 0 Å². The van der Waals surface area contributed by atoms with Gasteiger partial charge >= 0.3 is 0 Å². The minimum Gasteiger partial charge on any atom is -0.371 e. The third kappa shape index (κ3) is 3.04. The Morgan fingerprint density at radius 3 is 2.75 bits per heavy atom. The third-order valence-corrected chi connectivity index (χ3v) is 4.91. The lowest BCUT2D eigenvalue weighted by Crippen LogP contribution is -2.18. The fourth-order valence-electron chi connectivity index (χ4n) is 2.39. The summed E-state index contributed by atoms with van der Waals surface area (Å²) in [6.45, 7) is 2.21. The lowest BCUT2D eigenvalue weighted by atomic mass is 10.2. The summed E-state index contributed by atoms with van der Waals surface area (Å²) >= 11 is 4.89. The van der Waals surface area contributed by atoms with Crippen LogP contribution in [-0.4, -0.2) is 19.0 Å². The first-order valence-corrected chi connectivity index (χ1v) is 8.30. The van der Waals surface area contributed by atoms with E-state index in [-0.39, 0.29) is 5.91 Å². The highest BCUT2D eigenvalue weighted by atomic mass is 79.9. The zero-order valence-corrected chi connectivity index (χ0v) is 13.3. The number of carbonyl (C=O) groups is 1. The van der Waals surface area contributed by atoms with Crippen LogP contribution in [0, 0.1) is 0 Å². The van der Waals surface area contributed by atoms with Gasteiger partial charge < -0.3 is 10.2 Å². The van der Waals surface area contributed by atoms with Gasteiger partial charge in [-0.3, -0.25) is 4.79 Å². The fourth-order valence-corrected chi connectivity index (χ4v) is 3.52. The highest BCUT2D eigenvalue weighted by Crippen LogP contribution is 2.25. The van der Waals surface area contributed by atoms with Crippen LogP contribution in [0.1, 0.15) is 23.2 Å². The van der Waals surface area contributed by atoms with Gasteiger partial charge in [-0.1, -0.05) is 6.07 Å². The quantitative estimate of drug-likeness (QED) is 0.891. The molecule has 0 saturated carbocycles. The summed E-state index contributed by atoms with van der Waals surface area (Å²) < 4.78 is 0.966. The SMILES string of the molecule is O=C(Nc1cccc(N2CCCC2)c1)c1csc(Br)c1. The fraction of sp³-hybridized carbons (Fsp3) is 0.267. The number of halogens is 1. The number of nitrogens with zero attached hydrogens (tertiary/aromatic N) is 1. The van der Waals surface area contributed by atoms with Gasteiger partial charge in [0.15, 0.2) is 0 Å². The molecule has 2 heterocycles. The van der Waals surface area contributed by atoms with E-state index < -0.39 is 0 Å². The molecule has 104 valence electrons. The summed E-state index contributed by atoms with van der Waals surface area (Å²) in [4.78, 5) is 14.5. The number of rotatable bonds is 3. The molecular weight excluding hydrogens is 336 g/mol. The molecule has 0 unspecified atom stereocenters. The van der Waals surface area contributed by atoms with Crippen LogP contribution in [0.2, 0.25) is 0 Å². The van der Waals surface area contributed by atoms with Gasteiger partial charge in [0.1, 0.15) is 0 Å². The minimum atomic E-state index is -0.0643. The number of amides is 1. The summed E-state index contributed by atoms with van der Waals surface area (Å²) in [5, 5.41) is 4.81. The Labute approximate surface area is 130 Å². The predicted molar refractivity (Wildman–Crippen MR) is 87.9 cm³/mol. The zero-order valence-electron chi connectivity index (χ0n) is 10.9. The number of hydrogen-bond donors (Lipinski definition) is 1. The van der Waals surface area contributed by atoms with E-state index in [2.05, 4.69) is 32.2 Å². The summed E-state index contributed by atoms with van der Waals surface area (Å²) in [7, 11) is 0. The number of nitrogens with one attached hydrogen (secondary N) is 1. The highest BCUT2D eigenvalue weighted by molar-refractivity contribution is 9.11. The van der Waals surface area contributed by atoms with Gasteiger partial charge in [-0.2, -0.15) is 0 Å². The largest absolute Gasteiger partial charge is 0.371 e. The molecule has 1 aromatic carbocycles. The molecule has 1 fully saturated rings. The van der Waals surface area contributed by atoms with Crippen molar-refractivity contribution in [1.82, 2.24) is 0 Å². The van der Waals surface area contributed by atoms with Crippen LogP contribution in [-0.2, 0) is 0 Å². The van der Waals surface area contributed by atoms with Crippen molar-refractivity contribution in [3.63, 3.8) is 0 Å². The number of anilines is 2. The normalized spacial score (nSPS) is 14.6. The standard InChI is InChI=1S/C15H15BrN2OS/c16-14-8-11(10-20-14)15(19)17-12-4-3-5-13(9-12)18-6-1-2-7-18/h3-5,8-10H,1-2,6-7H2,(H,17,19). The highest BCUT2D eigenvalue weighted by Gasteiger charge is 2.13. The molecule has 3 nitrogen and oxygen atoms in total. The second kappa shape index (κ2) is 5.97. The molecule has 1 amide bonds. The van der Waals surface area contributed by atoms with Crippen molar-refractivity contribution in [2.45, 2.75) is 12.8 Å². The van der Waals surface area contributed by atoms with Crippen molar-refractivity contribution in [3.8, 4) is 0 Å². The number of benzene rings is 1. The molecule has 1 aromatic heterocycles. The van der Waals surface area contributed by atoms with Crippen LogP contribution in [0.5, 0.6) is 0 Å². The van der Waals surface area contributed by atoms with Gasteiger partial charge in [0.25, 0.3) is 5.91 Å². The Morgan fingerprint density at radius 1 is 1.25 bits per heavy atom. The maximum atomic E-state index is 12.1. The first kappa shape index (κ1) is 13.6. The van der Waals surface area contributed by atoms with Crippen LogP contribution in [0.25, 0.3) is 0 Å². The Balaban J connectivity index is 1.74. The molecule has 0 radical (unpaired) electrons. The number of thiophene rings is 1. The van der Waals surface area contributed by atoms with E-state index in [0.717, 1.165) is 22.6 Å². The Bertz CT molecular complexity index is 620. The van der Waals surface area contributed by atoms with E-state index in [1.807, 2.05) is 29.6 Å². The maximum Gasteiger partial charge on any atom is 0.256 e. The predicted octanol–water partition coefficient (Wildman–Crippen LogP) is 4.36. The monoisotopic (exact) mass is 350 g/mol. The maximum absolute atomic E-state index is 12.1. The van der Waals surface area contributed by atoms with E-state index in [0.29, 0.717) is 5.56 Å². The van der Waals surface area contributed by atoms with Gasteiger partial charge in [0.2, 0.25) is 0 Å². The molecule has 3 rings (SSSR count). The van der Waals surface area contributed by atoms with Crippen LogP contribution in [0.15, 0.2) is 39.5 Å². The average Bonchev–Trinajstić information content (AvgIpc) is 3.10. The Hall–Kier alpha value is -1.33. The average molecular weight is 351 g/mol. The molecule has 5 heteroatoms. The van der Waals surface area contributed by atoms with Gasteiger partial charge in [-0.05, 0) is 53.0 Å². The van der Waals surface area contributed by atoms with Gasteiger partial charge in [0, 0.05) is 29.8 Å². The van der Waals surface area contributed by atoms with Crippen LogP contribution in [0.3, 0.4) is 0 Å². The molecule has 1 aliphatic heterocycles. The summed E-state index contributed by atoms with van der Waals surface area (Å²) in [5.74, 6) is -0.0643. The molecule has 0 bridgehead atoms. The zero-order chi connectivity index (χ0) is 13.9. The Kier molecular flexibility index (Phi) is 4.08. The summed E-state index contributed by atoms with van der Waals surface area (Å²) in [5.41, 5.74) is 2.72. The van der Waals surface area contributed by atoms with Gasteiger partial charge in [-0.25, -0.2) is 0 Å². The number of carbonyl (C=O) groups excluding carboxylic acids is 1. The van der Waals surface area contributed by atoms with E-state index in [9.17, 15) is 4.79 Å². The molecule has 20 heavy (non-hydrogen) atoms. The van der Waals surface area contributed by atoms with Crippen LogP contribution >= 0.6 is 27.3 Å². The first-order chi connectivity index (χ1) is 9.72. The lowest BCUT2D eigenvalue weighted by molar-refractivity contribution is 0.102. The summed E-state index contributed by atoms with van der Waals surface area (Å²) in [6, 6.07) is 9.91. The second-order valence-electron chi connectivity index (χ2n) is 4.84. The molecule has 1 N–H and O–H groups in total. The molecule has 1 saturated heterocycles. The molecule has 2 aromatic rings. The molecule has 0 atom stereocenters. The summed E-state index contributed by atoms with van der Waals surface area (Å²) in [6.07, 6.45) is 2.50. The molecular formula is C15H15BrN2OS. The van der Waals surface area contributed by atoms with Crippen molar-refractivity contribution in [2.75, 3.05) is 23.3 Å². The van der Waals surface area contributed by atoms with Crippen LogP contribution < -0.4 is 10.2 Å². The number of hydrogen-bond acceptors (Lipinski definition) is 3. The van der Waals surface area contributed by atoms with Crippen molar-refractivity contribution < 1.29 is 4.79 Å². The molecule has 1 aliphatic rings. The van der Waals surface area contributed by atoms with Crippen LogP contribution in [0.4, 0.5) is 11.4 Å². The van der Waals surface area contributed by atoms with Crippen molar-refractivity contribution in [1.29, 1.82) is 0 Å². The van der Waals surface area contributed by atoms with E-state index in [1.165, 1.54) is 29.9 Å². The minimum absolute atomic E-state index is 0.0643. The first-order valence-electron chi connectivity index (χ1n) is 6.63. The smallest absolute Gasteiger partial charge is 0.256 e.